The predicted molar refractivity (Wildman–Crippen MR) is 80.8 cm³/mol. The highest BCUT2D eigenvalue weighted by Crippen LogP contribution is 2.36. The fraction of sp³-hybridized carbons (Fsp3) is 0.500. The van der Waals surface area contributed by atoms with Gasteiger partial charge < -0.3 is 10.4 Å². The van der Waals surface area contributed by atoms with Crippen LogP contribution in [0.25, 0.3) is 0 Å². The molecule has 0 fully saturated rings. The Morgan fingerprint density at radius 1 is 1.62 bits per heavy atom. The Kier molecular flexibility index (Phi) is 3.92. The quantitative estimate of drug-likeness (QED) is 0.883. The molecule has 1 aliphatic carbocycles. The van der Waals surface area contributed by atoms with Gasteiger partial charge in [-0.15, -0.1) is 11.3 Å². The van der Waals surface area contributed by atoms with Gasteiger partial charge in [-0.05, 0) is 31.2 Å². The standard InChI is InChI=1S/C14H18N4O2S/c1-18-8-9(7-16-18)5-6-15-14-17-12-10(13(19)20)3-2-4-11(12)21-14/h7-8,10H,2-6H2,1H3,(H,15,17)(H,19,20). The molecule has 0 radical (unpaired) electrons. The molecule has 0 aliphatic heterocycles. The van der Waals surface area contributed by atoms with E-state index in [0.29, 0.717) is 6.42 Å². The summed E-state index contributed by atoms with van der Waals surface area (Å²) in [6, 6.07) is 0. The number of hydrogen-bond donors (Lipinski definition) is 2. The van der Waals surface area contributed by atoms with Crippen LogP contribution in [0.15, 0.2) is 12.4 Å². The number of carboxylic acids is 1. The lowest BCUT2D eigenvalue weighted by Crippen LogP contribution is -2.17. The second-order valence-corrected chi connectivity index (χ2v) is 6.39. The molecule has 0 saturated heterocycles. The molecule has 7 heteroatoms. The number of aliphatic carboxylic acids is 1. The third-order valence-electron chi connectivity index (χ3n) is 3.70. The molecule has 1 unspecified atom stereocenters. The third-order valence-corrected chi connectivity index (χ3v) is 4.79. The number of anilines is 1. The van der Waals surface area contributed by atoms with Crippen LogP contribution in [0.4, 0.5) is 5.13 Å². The number of rotatable bonds is 5. The van der Waals surface area contributed by atoms with Crippen LogP contribution in [0.5, 0.6) is 0 Å². The van der Waals surface area contributed by atoms with Gasteiger partial charge in [0.25, 0.3) is 0 Å². The van der Waals surface area contributed by atoms with Gasteiger partial charge in [0.05, 0.1) is 11.9 Å². The van der Waals surface area contributed by atoms with E-state index in [0.717, 1.165) is 41.5 Å². The number of carboxylic acid groups (broad SMARTS) is 1. The number of nitrogens with zero attached hydrogens (tertiary/aromatic N) is 3. The molecule has 1 atom stereocenters. The highest BCUT2D eigenvalue weighted by molar-refractivity contribution is 7.15. The van der Waals surface area contributed by atoms with Crippen molar-refractivity contribution in [1.29, 1.82) is 0 Å². The molecule has 6 nitrogen and oxygen atoms in total. The molecule has 0 bridgehead atoms. The van der Waals surface area contributed by atoms with E-state index in [1.165, 1.54) is 5.56 Å². The van der Waals surface area contributed by atoms with Gasteiger partial charge in [-0.3, -0.25) is 9.48 Å². The first kappa shape index (κ1) is 14.1. The van der Waals surface area contributed by atoms with Crippen molar-refractivity contribution in [1.82, 2.24) is 14.8 Å². The van der Waals surface area contributed by atoms with E-state index in [4.69, 9.17) is 0 Å². The molecule has 2 N–H and O–H groups in total. The molecule has 112 valence electrons. The highest BCUT2D eigenvalue weighted by atomic mass is 32.1. The summed E-state index contributed by atoms with van der Waals surface area (Å²) in [6.45, 7) is 0.774. The van der Waals surface area contributed by atoms with Crippen molar-refractivity contribution in [3.05, 3.63) is 28.5 Å². The van der Waals surface area contributed by atoms with E-state index in [9.17, 15) is 9.90 Å². The number of fused-ring (bicyclic) bond motifs is 1. The minimum atomic E-state index is -0.761. The third kappa shape index (κ3) is 3.07. The average molecular weight is 306 g/mol. The Morgan fingerprint density at radius 3 is 3.19 bits per heavy atom. The van der Waals surface area contributed by atoms with Gasteiger partial charge in [-0.1, -0.05) is 0 Å². The average Bonchev–Trinajstić information content (AvgIpc) is 3.04. The molecule has 1 aliphatic rings. The van der Waals surface area contributed by atoms with E-state index in [-0.39, 0.29) is 0 Å². The molecule has 2 aromatic heterocycles. The molecule has 0 aromatic carbocycles. The van der Waals surface area contributed by atoms with Crippen molar-refractivity contribution in [2.24, 2.45) is 7.05 Å². The zero-order chi connectivity index (χ0) is 14.8. The summed E-state index contributed by atoms with van der Waals surface area (Å²) in [6.07, 6.45) is 7.30. The summed E-state index contributed by atoms with van der Waals surface area (Å²) in [7, 11) is 1.90. The summed E-state index contributed by atoms with van der Waals surface area (Å²) in [4.78, 5) is 16.9. The van der Waals surface area contributed by atoms with Crippen LogP contribution in [0.3, 0.4) is 0 Å². The topological polar surface area (TPSA) is 80.0 Å². The molecule has 0 saturated carbocycles. The number of thiazole rings is 1. The second-order valence-electron chi connectivity index (χ2n) is 5.31. The van der Waals surface area contributed by atoms with E-state index in [1.54, 1.807) is 16.0 Å². The number of aryl methyl sites for hydroxylation is 2. The fourth-order valence-electron chi connectivity index (χ4n) is 2.65. The summed E-state index contributed by atoms with van der Waals surface area (Å²) in [5.74, 6) is -1.19. The Morgan fingerprint density at radius 2 is 2.48 bits per heavy atom. The summed E-state index contributed by atoms with van der Waals surface area (Å²) < 4.78 is 1.79. The van der Waals surface area contributed by atoms with Gasteiger partial charge in [0, 0.05) is 24.7 Å². The van der Waals surface area contributed by atoms with Gasteiger partial charge in [-0.2, -0.15) is 5.10 Å². The van der Waals surface area contributed by atoms with E-state index in [1.807, 2.05) is 19.4 Å². The summed E-state index contributed by atoms with van der Waals surface area (Å²) >= 11 is 1.59. The summed E-state index contributed by atoms with van der Waals surface area (Å²) in [5.41, 5.74) is 1.94. The van der Waals surface area contributed by atoms with Crippen LogP contribution < -0.4 is 5.32 Å². The molecule has 0 amide bonds. The van der Waals surface area contributed by atoms with Crippen molar-refractivity contribution in [3.8, 4) is 0 Å². The highest BCUT2D eigenvalue weighted by Gasteiger charge is 2.29. The summed E-state index contributed by atoms with van der Waals surface area (Å²) in [5, 5.41) is 17.5. The lowest BCUT2D eigenvalue weighted by Gasteiger charge is -2.16. The van der Waals surface area contributed by atoms with Crippen LogP contribution in [-0.4, -0.2) is 32.4 Å². The van der Waals surface area contributed by atoms with Crippen LogP contribution in [0, 0.1) is 0 Å². The van der Waals surface area contributed by atoms with E-state index in [2.05, 4.69) is 15.4 Å². The fourth-order valence-corrected chi connectivity index (χ4v) is 3.74. The number of aromatic nitrogens is 3. The van der Waals surface area contributed by atoms with Gasteiger partial charge in [-0.25, -0.2) is 4.98 Å². The van der Waals surface area contributed by atoms with Crippen molar-refractivity contribution in [2.45, 2.75) is 31.6 Å². The van der Waals surface area contributed by atoms with Gasteiger partial charge in [0.1, 0.15) is 5.92 Å². The maximum Gasteiger partial charge on any atom is 0.312 e. The Labute approximate surface area is 126 Å². The largest absolute Gasteiger partial charge is 0.481 e. The van der Waals surface area contributed by atoms with Crippen LogP contribution in [0.2, 0.25) is 0 Å². The van der Waals surface area contributed by atoms with Gasteiger partial charge in [0.15, 0.2) is 5.13 Å². The zero-order valence-corrected chi connectivity index (χ0v) is 12.7. The first-order valence-corrected chi connectivity index (χ1v) is 7.89. The Bertz CT molecular complexity index is 649. The van der Waals surface area contributed by atoms with Gasteiger partial charge in [0.2, 0.25) is 0 Å². The van der Waals surface area contributed by atoms with Crippen molar-refractivity contribution >= 4 is 22.4 Å². The predicted octanol–water partition coefficient (Wildman–Crippen LogP) is 2.04. The molecule has 3 rings (SSSR count). The van der Waals surface area contributed by atoms with Gasteiger partial charge >= 0.3 is 5.97 Å². The van der Waals surface area contributed by atoms with Crippen LogP contribution >= 0.6 is 11.3 Å². The number of hydrogen-bond acceptors (Lipinski definition) is 5. The van der Waals surface area contributed by atoms with Crippen LogP contribution in [0.1, 0.15) is 34.9 Å². The minimum Gasteiger partial charge on any atom is -0.481 e. The van der Waals surface area contributed by atoms with E-state index >= 15 is 0 Å². The van der Waals surface area contributed by atoms with Crippen LogP contribution in [-0.2, 0) is 24.7 Å². The molecule has 2 heterocycles. The first-order chi connectivity index (χ1) is 10.1. The second kappa shape index (κ2) is 5.85. The lowest BCUT2D eigenvalue weighted by atomic mass is 9.91. The SMILES string of the molecule is Cn1cc(CCNc2nc3c(s2)CCCC3C(=O)O)cn1. The smallest absolute Gasteiger partial charge is 0.312 e. The maximum atomic E-state index is 11.3. The maximum absolute atomic E-state index is 11.3. The normalized spacial score (nSPS) is 17.5. The molecule has 2 aromatic rings. The van der Waals surface area contributed by atoms with Crippen molar-refractivity contribution < 1.29 is 9.90 Å². The van der Waals surface area contributed by atoms with Crippen molar-refractivity contribution in [2.75, 3.05) is 11.9 Å². The molecular formula is C14H18N4O2S. The zero-order valence-electron chi connectivity index (χ0n) is 11.9. The molecule has 0 spiro atoms. The van der Waals surface area contributed by atoms with E-state index < -0.39 is 11.9 Å². The lowest BCUT2D eigenvalue weighted by molar-refractivity contribution is -0.139. The molecule has 21 heavy (non-hydrogen) atoms. The van der Waals surface area contributed by atoms with Crippen molar-refractivity contribution in [3.63, 3.8) is 0 Å². The Hall–Kier alpha value is -1.89. The first-order valence-electron chi connectivity index (χ1n) is 7.07. The number of nitrogens with one attached hydrogen (secondary N) is 1. The minimum absolute atomic E-state index is 0.432. The monoisotopic (exact) mass is 306 g/mol. The Balaban J connectivity index is 1.63. The number of carbonyl (C=O) groups is 1. The molecular weight excluding hydrogens is 288 g/mol.